The molecule has 0 heterocycles. The minimum Gasteiger partial charge on any atom is -0.492 e. The van der Waals surface area contributed by atoms with Gasteiger partial charge in [-0.05, 0) is 37.5 Å². The maximum atomic E-state index is 12.1. The van der Waals surface area contributed by atoms with Gasteiger partial charge in [-0.25, -0.2) is 9.59 Å². The largest absolute Gasteiger partial charge is 0.492 e. The van der Waals surface area contributed by atoms with E-state index in [0.717, 1.165) is 5.56 Å². The van der Waals surface area contributed by atoms with Gasteiger partial charge in [-0.3, -0.25) is 0 Å². The Labute approximate surface area is 161 Å². The number of carboxylic acid groups (broad SMARTS) is 1. The normalized spacial score (nSPS) is 11.9. The molecule has 2 amide bonds. The number of hydrogen-bond acceptors (Lipinski definition) is 4. The van der Waals surface area contributed by atoms with Crippen LogP contribution in [0.2, 0.25) is 0 Å². The molecule has 0 aliphatic heterocycles. The summed E-state index contributed by atoms with van der Waals surface area (Å²) < 4.78 is 11.0. The van der Waals surface area contributed by atoms with Crippen molar-refractivity contribution in [1.82, 2.24) is 10.2 Å². The summed E-state index contributed by atoms with van der Waals surface area (Å²) in [6.07, 6.45) is -0.536. The van der Waals surface area contributed by atoms with E-state index in [9.17, 15) is 9.59 Å². The highest BCUT2D eigenvalue weighted by Crippen LogP contribution is 2.15. The van der Waals surface area contributed by atoms with Gasteiger partial charge in [0.15, 0.2) is 6.10 Å². The van der Waals surface area contributed by atoms with Crippen LogP contribution in [0.1, 0.15) is 33.3 Å². The zero-order valence-electron chi connectivity index (χ0n) is 16.7. The summed E-state index contributed by atoms with van der Waals surface area (Å²) in [6, 6.07) is 7.19. The predicted molar refractivity (Wildman–Crippen MR) is 104 cm³/mol. The average molecular weight is 380 g/mol. The topological polar surface area (TPSA) is 88.1 Å². The van der Waals surface area contributed by atoms with Crippen molar-refractivity contribution < 1.29 is 24.2 Å². The number of carboxylic acids is 1. The highest BCUT2D eigenvalue weighted by molar-refractivity contribution is 5.74. The molecule has 0 fully saturated rings. The SMILES string of the molecule is CCNC(=O)N(CCOc1ccc(CC(OCC)C(=O)O)cc1)CC(C)C. The number of urea groups is 1. The smallest absolute Gasteiger partial charge is 0.333 e. The van der Waals surface area contributed by atoms with E-state index in [0.29, 0.717) is 50.9 Å². The van der Waals surface area contributed by atoms with E-state index < -0.39 is 12.1 Å². The van der Waals surface area contributed by atoms with Crippen molar-refractivity contribution in [2.75, 3.05) is 32.8 Å². The zero-order valence-corrected chi connectivity index (χ0v) is 16.7. The number of ether oxygens (including phenoxy) is 2. The Hall–Kier alpha value is -2.28. The summed E-state index contributed by atoms with van der Waals surface area (Å²) in [5.74, 6) is 0.0922. The number of nitrogens with zero attached hydrogens (tertiary/aromatic N) is 1. The number of rotatable bonds is 12. The van der Waals surface area contributed by atoms with Gasteiger partial charge in [0.25, 0.3) is 0 Å². The van der Waals surface area contributed by atoms with Crippen LogP contribution in [0.4, 0.5) is 4.79 Å². The second kappa shape index (κ2) is 12.2. The van der Waals surface area contributed by atoms with Crippen LogP contribution in [0, 0.1) is 5.92 Å². The van der Waals surface area contributed by atoms with Gasteiger partial charge in [-0.1, -0.05) is 26.0 Å². The van der Waals surface area contributed by atoms with E-state index >= 15 is 0 Å². The Balaban J connectivity index is 2.54. The van der Waals surface area contributed by atoms with E-state index in [1.54, 1.807) is 24.0 Å². The molecule has 152 valence electrons. The molecule has 0 aromatic heterocycles. The molecule has 0 aliphatic rings. The lowest BCUT2D eigenvalue weighted by Crippen LogP contribution is -2.43. The zero-order chi connectivity index (χ0) is 20.2. The fourth-order valence-corrected chi connectivity index (χ4v) is 2.61. The van der Waals surface area contributed by atoms with Crippen molar-refractivity contribution in [3.05, 3.63) is 29.8 Å². The van der Waals surface area contributed by atoms with E-state index in [-0.39, 0.29) is 6.03 Å². The second-order valence-electron chi connectivity index (χ2n) is 6.65. The molecule has 0 saturated carbocycles. The molecule has 7 heteroatoms. The van der Waals surface area contributed by atoms with Crippen LogP contribution >= 0.6 is 0 Å². The molecule has 27 heavy (non-hydrogen) atoms. The number of benzene rings is 1. The summed E-state index contributed by atoms with van der Waals surface area (Å²) in [4.78, 5) is 25.0. The highest BCUT2D eigenvalue weighted by Gasteiger charge is 2.18. The molecular formula is C20H32N2O5. The third-order valence-corrected chi connectivity index (χ3v) is 3.82. The van der Waals surface area contributed by atoms with Crippen LogP contribution in [0.5, 0.6) is 5.75 Å². The Morgan fingerprint density at radius 2 is 1.85 bits per heavy atom. The van der Waals surface area contributed by atoms with Gasteiger partial charge in [0.2, 0.25) is 0 Å². The first kappa shape index (κ1) is 22.8. The molecule has 2 N–H and O–H groups in total. The number of carbonyl (C=O) groups is 2. The fourth-order valence-electron chi connectivity index (χ4n) is 2.61. The quantitative estimate of drug-likeness (QED) is 0.582. The Morgan fingerprint density at radius 3 is 2.37 bits per heavy atom. The van der Waals surface area contributed by atoms with Crippen molar-refractivity contribution in [2.45, 2.75) is 40.2 Å². The van der Waals surface area contributed by atoms with Crippen LogP contribution in [-0.2, 0) is 16.0 Å². The predicted octanol–water partition coefficient (Wildman–Crippen LogP) is 2.79. The molecule has 7 nitrogen and oxygen atoms in total. The number of nitrogens with one attached hydrogen (secondary N) is 1. The fraction of sp³-hybridized carbons (Fsp3) is 0.600. The van der Waals surface area contributed by atoms with Crippen molar-refractivity contribution in [1.29, 1.82) is 0 Å². The third-order valence-electron chi connectivity index (χ3n) is 3.82. The maximum absolute atomic E-state index is 12.1. The molecular weight excluding hydrogens is 348 g/mol. The van der Waals surface area contributed by atoms with Gasteiger partial charge in [-0.2, -0.15) is 0 Å². The first-order valence-electron chi connectivity index (χ1n) is 9.46. The lowest BCUT2D eigenvalue weighted by Gasteiger charge is -2.24. The average Bonchev–Trinajstić information content (AvgIpc) is 2.61. The van der Waals surface area contributed by atoms with Crippen molar-refractivity contribution in [3.8, 4) is 5.75 Å². The van der Waals surface area contributed by atoms with E-state index in [1.807, 2.05) is 19.1 Å². The minimum atomic E-state index is -0.965. The van der Waals surface area contributed by atoms with Gasteiger partial charge in [0, 0.05) is 26.1 Å². The first-order valence-corrected chi connectivity index (χ1v) is 9.46. The molecule has 1 rings (SSSR count). The monoisotopic (exact) mass is 380 g/mol. The van der Waals surface area contributed by atoms with Crippen LogP contribution in [0.25, 0.3) is 0 Å². The lowest BCUT2D eigenvalue weighted by atomic mass is 10.1. The Kier molecular flexibility index (Phi) is 10.3. The molecule has 0 saturated heterocycles. The van der Waals surface area contributed by atoms with Crippen molar-refractivity contribution in [2.24, 2.45) is 5.92 Å². The van der Waals surface area contributed by atoms with Crippen LogP contribution in [0.3, 0.4) is 0 Å². The standard InChI is InChI=1S/C20H32N2O5/c1-5-21-20(25)22(14-15(3)4)11-12-27-17-9-7-16(8-10-17)13-18(19(23)24)26-6-2/h7-10,15,18H,5-6,11-14H2,1-4H3,(H,21,25)(H,23,24). The van der Waals surface area contributed by atoms with Gasteiger partial charge in [0.05, 0.1) is 6.54 Å². The second-order valence-corrected chi connectivity index (χ2v) is 6.65. The summed E-state index contributed by atoms with van der Waals surface area (Å²) in [7, 11) is 0. The van der Waals surface area contributed by atoms with Gasteiger partial charge in [-0.15, -0.1) is 0 Å². The first-order chi connectivity index (χ1) is 12.9. The van der Waals surface area contributed by atoms with Crippen LogP contribution in [0.15, 0.2) is 24.3 Å². The Morgan fingerprint density at radius 1 is 1.19 bits per heavy atom. The highest BCUT2D eigenvalue weighted by atomic mass is 16.5. The number of aliphatic carboxylic acids is 1. The van der Waals surface area contributed by atoms with E-state index in [2.05, 4.69) is 19.2 Å². The molecule has 1 unspecified atom stereocenters. The summed E-state index contributed by atoms with van der Waals surface area (Å²) in [5.41, 5.74) is 0.868. The number of carbonyl (C=O) groups excluding carboxylic acids is 1. The minimum absolute atomic E-state index is 0.0826. The van der Waals surface area contributed by atoms with Gasteiger partial charge >= 0.3 is 12.0 Å². The van der Waals surface area contributed by atoms with Crippen LogP contribution in [-0.4, -0.2) is 61.0 Å². The lowest BCUT2D eigenvalue weighted by molar-refractivity contribution is -0.149. The molecule has 0 bridgehead atoms. The maximum Gasteiger partial charge on any atom is 0.333 e. The van der Waals surface area contributed by atoms with Crippen molar-refractivity contribution >= 4 is 12.0 Å². The van der Waals surface area contributed by atoms with E-state index in [4.69, 9.17) is 14.6 Å². The molecule has 1 aromatic carbocycles. The summed E-state index contributed by atoms with van der Waals surface area (Å²) in [6.45, 7) is 10.3. The van der Waals surface area contributed by atoms with Crippen molar-refractivity contribution in [3.63, 3.8) is 0 Å². The number of hydrogen-bond donors (Lipinski definition) is 2. The third kappa shape index (κ3) is 8.77. The summed E-state index contributed by atoms with van der Waals surface area (Å²) >= 11 is 0. The van der Waals surface area contributed by atoms with E-state index in [1.165, 1.54) is 0 Å². The molecule has 1 aromatic rings. The summed E-state index contributed by atoms with van der Waals surface area (Å²) in [5, 5.41) is 12.0. The van der Waals surface area contributed by atoms with Gasteiger partial charge in [0.1, 0.15) is 12.4 Å². The Bertz CT molecular complexity index is 574. The molecule has 1 atom stereocenters. The van der Waals surface area contributed by atoms with Crippen LogP contribution < -0.4 is 10.1 Å². The number of amides is 2. The van der Waals surface area contributed by atoms with Gasteiger partial charge < -0.3 is 24.8 Å². The molecule has 0 spiro atoms. The molecule has 0 radical (unpaired) electrons. The molecule has 0 aliphatic carbocycles.